The Labute approximate surface area is 155 Å². The van der Waals surface area contributed by atoms with Crippen molar-refractivity contribution in [2.24, 2.45) is 5.92 Å². The SMILES string of the molecule is Cc1cnc(C2CC2)n1CC1CCN(C(=O)COCc2ccccc2)C1. The van der Waals surface area contributed by atoms with Crippen LogP contribution in [0, 0.1) is 12.8 Å². The van der Waals surface area contributed by atoms with Crippen LogP contribution in [0.2, 0.25) is 0 Å². The molecule has 0 N–H and O–H groups in total. The zero-order chi connectivity index (χ0) is 17.9. The Morgan fingerprint density at radius 1 is 1.23 bits per heavy atom. The molecule has 1 aliphatic heterocycles. The zero-order valence-electron chi connectivity index (χ0n) is 15.4. The van der Waals surface area contributed by atoms with Crippen molar-refractivity contribution in [3.63, 3.8) is 0 Å². The van der Waals surface area contributed by atoms with Gasteiger partial charge >= 0.3 is 0 Å². The van der Waals surface area contributed by atoms with E-state index >= 15 is 0 Å². The third-order valence-corrected chi connectivity index (χ3v) is 5.44. The minimum Gasteiger partial charge on any atom is -0.367 e. The summed E-state index contributed by atoms with van der Waals surface area (Å²) in [7, 11) is 0. The average molecular weight is 353 g/mol. The molecule has 138 valence electrons. The van der Waals surface area contributed by atoms with Crippen molar-refractivity contribution in [2.75, 3.05) is 19.7 Å². The summed E-state index contributed by atoms with van der Waals surface area (Å²) in [6, 6.07) is 9.98. The van der Waals surface area contributed by atoms with Crippen molar-refractivity contribution >= 4 is 5.91 Å². The predicted molar refractivity (Wildman–Crippen MR) is 99.7 cm³/mol. The van der Waals surface area contributed by atoms with Crippen LogP contribution in [0.3, 0.4) is 0 Å². The van der Waals surface area contributed by atoms with Gasteiger partial charge in [0.15, 0.2) is 0 Å². The van der Waals surface area contributed by atoms with E-state index in [2.05, 4.69) is 16.5 Å². The number of imidazole rings is 1. The summed E-state index contributed by atoms with van der Waals surface area (Å²) in [5, 5.41) is 0. The van der Waals surface area contributed by atoms with Gasteiger partial charge in [-0.2, -0.15) is 0 Å². The first-order chi connectivity index (χ1) is 12.7. The largest absolute Gasteiger partial charge is 0.367 e. The molecule has 1 amide bonds. The zero-order valence-corrected chi connectivity index (χ0v) is 15.4. The summed E-state index contributed by atoms with van der Waals surface area (Å²) in [6.07, 6.45) is 5.59. The van der Waals surface area contributed by atoms with Crippen LogP contribution >= 0.6 is 0 Å². The lowest BCUT2D eigenvalue weighted by Gasteiger charge is -2.18. The van der Waals surface area contributed by atoms with Gasteiger partial charge in [0, 0.05) is 37.4 Å². The molecule has 1 aromatic heterocycles. The lowest BCUT2D eigenvalue weighted by atomic mass is 10.1. The molecule has 1 aliphatic carbocycles. The predicted octanol–water partition coefficient (Wildman–Crippen LogP) is 3.13. The highest BCUT2D eigenvalue weighted by Crippen LogP contribution is 2.40. The number of benzene rings is 1. The molecule has 4 rings (SSSR count). The fraction of sp³-hybridized carbons (Fsp3) is 0.524. The van der Waals surface area contributed by atoms with Gasteiger partial charge < -0.3 is 14.2 Å². The van der Waals surface area contributed by atoms with E-state index in [-0.39, 0.29) is 12.5 Å². The third kappa shape index (κ3) is 3.98. The molecule has 0 spiro atoms. The molecule has 0 radical (unpaired) electrons. The number of ether oxygens (including phenoxy) is 1. The Bertz CT molecular complexity index is 752. The van der Waals surface area contributed by atoms with Crippen molar-refractivity contribution in [2.45, 2.75) is 45.3 Å². The van der Waals surface area contributed by atoms with E-state index in [0.717, 1.165) is 31.6 Å². The van der Waals surface area contributed by atoms with Gasteiger partial charge in [0.05, 0.1) is 6.61 Å². The quantitative estimate of drug-likeness (QED) is 0.768. The first-order valence-electron chi connectivity index (χ1n) is 9.62. The molecule has 2 fully saturated rings. The van der Waals surface area contributed by atoms with Crippen molar-refractivity contribution in [3.8, 4) is 0 Å². The number of rotatable bonds is 7. The smallest absolute Gasteiger partial charge is 0.248 e. The maximum Gasteiger partial charge on any atom is 0.248 e. The molecule has 1 saturated heterocycles. The van der Waals surface area contributed by atoms with Gasteiger partial charge in [-0.05, 0) is 37.7 Å². The van der Waals surface area contributed by atoms with Crippen molar-refractivity contribution < 1.29 is 9.53 Å². The number of carbonyl (C=O) groups is 1. The van der Waals surface area contributed by atoms with Crippen LogP contribution in [0.1, 0.15) is 42.3 Å². The monoisotopic (exact) mass is 353 g/mol. The van der Waals surface area contributed by atoms with Crippen LogP contribution in [0.15, 0.2) is 36.5 Å². The molecular weight excluding hydrogens is 326 g/mol. The van der Waals surface area contributed by atoms with E-state index in [4.69, 9.17) is 4.74 Å². The number of amides is 1. The summed E-state index contributed by atoms with van der Waals surface area (Å²) >= 11 is 0. The normalized spacial score (nSPS) is 19.9. The highest BCUT2D eigenvalue weighted by molar-refractivity contribution is 5.77. The van der Waals surface area contributed by atoms with Crippen LogP contribution in [-0.2, 0) is 22.7 Å². The highest BCUT2D eigenvalue weighted by Gasteiger charge is 2.31. The summed E-state index contributed by atoms with van der Waals surface area (Å²) in [5.41, 5.74) is 2.34. The molecular formula is C21H27N3O2. The Balaban J connectivity index is 1.26. The van der Waals surface area contributed by atoms with E-state index in [9.17, 15) is 4.79 Å². The molecule has 1 saturated carbocycles. The van der Waals surface area contributed by atoms with Gasteiger partial charge in [0.25, 0.3) is 0 Å². The van der Waals surface area contributed by atoms with Crippen LogP contribution in [0.5, 0.6) is 0 Å². The van der Waals surface area contributed by atoms with Crippen molar-refractivity contribution in [1.82, 2.24) is 14.5 Å². The minimum absolute atomic E-state index is 0.105. The van der Waals surface area contributed by atoms with E-state index in [1.54, 1.807) is 0 Å². The van der Waals surface area contributed by atoms with Gasteiger partial charge in [-0.15, -0.1) is 0 Å². The molecule has 2 aliphatic rings. The molecule has 0 bridgehead atoms. The molecule has 5 heteroatoms. The van der Waals surface area contributed by atoms with E-state index in [1.165, 1.54) is 24.4 Å². The fourth-order valence-corrected chi connectivity index (χ4v) is 3.77. The maximum atomic E-state index is 12.4. The molecule has 1 atom stereocenters. The Hall–Kier alpha value is -2.14. The summed E-state index contributed by atoms with van der Waals surface area (Å²) in [4.78, 5) is 19.0. The molecule has 1 unspecified atom stereocenters. The summed E-state index contributed by atoms with van der Waals surface area (Å²) in [5.74, 6) is 2.53. The number of likely N-dealkylation sites (tertiary alicyclic amines) is 1. The second kappa shape index (κ2) is 7.62. The van der Waals surface area contributed by atoms with Crippen LogP contribution in [0.4, 0.5) is 0 Å². The van der Waals surface area contributed by atoms with Gasteiger partial charge in [-0.3, -0.25) is 4.79 Å². The van der Waals surface area contributed by atoms with Crippen LogP contribution in [-0.4, -0.2) is 40.1 Å². The number of hydrogen-bond donors (Lipinski definition) is 0. The molecule has 2 heterocycles. The Kier molecular flexibility index (Phi) is 5.07. The van der Waals surface area contributed by atoms with Gasteiger partial charge in [0.2, 0.25) is 5.91 Å². The summed E-state index contributed by atoms with van der Waals surface area (Å²) < 4.78 is 7.98. The molecule has 2 aromatic rings. The number of aryl methyl sites for hydroxylation is 1. The van der Waals surface area contributed by atoms with Crippen molar-refractivity contribution in [1.29, 1.82) is 0 Å². The Morgan fingerprint density at radius 2 is 2.04 bits per heavy atom. The Morgan fingerprint density at radius 3 is 2.81 bits per heavy atom. The maximum absolute atomic E-state index is 12.4. The van der Waals surface area contributed by atoms with E-state index in [0.29, 0.717) is 18.4 Å². The average Bonchev–Trinajstić information content (AvgIpc) is 3.28. The lowest BCUT2D eigenvalue weighted by molar-refractivity contribution is -0.135. The number of carbonyl (C=O) groups excluding carboxylic acids is 1. The lowest BCUT2D eigenvalue weighted by Crippen LogP contribution is -2.32. The van der Waals surface area contributed by atoms with Gasteiger partial charge in [0.1, 0.15) is 12.4 Å². The van der Waals surface area contributed by atoms with Gasteiger partial charge in [-0.25, -0.2) is 4.98 Å². The van der Waals surface area contributed by atoms with Crippen LogP contribution in [0.25, 0.3) is 0 Å². The topological polar surface area (TPSA) is 47.4 Å². The second-order valence-electron chi connectivity index (χ2n) is 7.62. The first kappa shape index (κ1) is 17.3. The molecule has 5 nitrogen and oxygen atoms in total. The number of hydrogen-bond acceptors (Lipinski definition) is 3. The van der Waals surface area contributed by atoms with Gasteiger partial charge in [-0.1, -0.05) is 30.3 Å². The second-order valence-corrected chi connectivity index (χ2v) is 7.62. The number of nitrogens with zero attached hydrogens (tertiary/aromatic N) is 3. The minimum atomic E-state index is 0.105. The van der Waals surface area contributed by atoms with Crippen molar-refractivity contribution in [3.05, 3.63) is 53.6 Å². The van der Waals surface area contributed by atoms with Crippen LogP contribution < -0.4 is 0 Å². The molecule has 26 heavy (non-hydrogen) atoms. The summed E-state index contributed by atoms with van der Waals surface area (Å²) in [6.45, 7) is 5.43. The standard InChI is InChI=1S/C21H27N3O2/c1-16-11-22-21(19-7-8-19)24(16)13-18-9-10-23(12-18)20(25)15-26-14-17-5-3-2-4-6-17/h2-6,11,18-19H,7-10,12-15H2,1H3. The third-order valence-electron chi connectivity index (χ3n) is 5.44. The fourth-order valence-electron chi connectivity index (χ4n) is 3.77. The van der Waals surface area contributed by atoms with E-state index < -0.39 is 0 Å². The molecule has 1 aromatic carbocycles. The van der Waals surface area contributed by atoms with E-state index in [1.807, 2.05) is 41.4 Å². The number of aromatic nitrogens is 2. The first-order valence-corrected chi connectivity index (χ1v) is 9.62. The highest BCUT2D eigenvalue weighted by atomic mass is 16.5.